The average molecular weight is 416 g/mol. The number of ether oxygens (including phenoxy) is 6. The molecule has 3 atom stereocenters. The lowest BCUT2D eigenvalue weighted by molar-refractivity contribution is 0.0863. The van der Waals surface area contributed by atoms with Crippen molar-refractivity contribution in [2.24, 2.45) is 11.8 Å². The molecule has 1 aliphatic carbocycles. The van der Waals surface area contributed by atoms with Gasteiger partial charge in [0.2, 0.25) is 18.3 Å². The molecule has 0 radical (unpaired) electrons. The lowest BCUT2D eigenvalue weighted by Gasteiger charge is -2.33. The van der Waals surface area contributed by atoms with Crippen molar-refractivity contribution in [3.05, 3.63) is 23.3 Å². The summed E-state index contributed by atoms with van der Waals surface area (Å²) in [6, 6.07) is 3.82. The predicted octanol–water partition coefficient (Wildman–Crippen LogP) is 3.98. The van der Waals surface area contributed by atoms with Gasteiger partial charge in [0.05, 0.1) is 34.5 Å². The lowest BCUT2D eigenvalue weighted by atomic mass is 9.76. The molecular weight excluding hydrogens is 388 g/mol. The van der Waals surface area contributed by atoms with Crippen molar-refractivity contribution in [1.82, 2.24) is 0 Å². The molecule has 7 heteroatoms. The van der Waals surface area contributed by atoms with Crippen LogP contribution in [0.15, 0.2) is 12.1 Å². The molecule has 2 aliphatic rings. The van der Waals surface area contributed by atoms with Crippen LogP contribution in [0.25, 0.3) is 11.1 Å². The third-order valence-electron chi connectivity index (χ3n) is 6.27. The highest BCUT2D eigenvalue weighted by Crippen LogP contribution is 2.57. The molecule has 0 aromatic heterocycles. The summed E-state index contributed by atoms with van der Waals surface area (Å²) in [6.07, 6.45) is 0.00399. The summed E-state index contributed by atoms with van der Waals surface area (Å²) in [5.41, 5.74) is 3.26. The summed E-state index contributed by atoms with van der Waals surface area (Å²) in [7, 11) is 6.31. The normalized spacial score (nSPS) is 21.8. The van der Waals surface area contributed by atoms with Crippen molar-refractivity contribution in [3.63, 3.8) is 0 Å². The highest BCUT2D eigenvalue weighted by atomic mass is 16.7. The van der Waals surface area contributed by atoms with E-state index in [4.69, 9.17) is 28.4 Å². The zero-order valence-corrected chi connectivity index (χ0v) is 18.2. The summed E-state index contributed by atoms with van der Waals surface area (Å²) < 4.78 is 34.2. The van der Waals surface area contributed by atoms with Crippen molar-refractivity contribution >= 4 is 0 Å². The van der Waals surface area contributed by atoms with Crippen LogP contribution in [-0.4, -0.2) is 40.3 Å². The topological polar surface area (TPSA) is 75.6 Å². The third-order valence-corrected chi connectivity index (χ3v) is 6.27. The summed E-state index contributed by atoms with van der Waals surface area (Å²) >= 11 is 0. The third kappa shape index (κ3) is 2.91. The minimum absolute atomic E-state index is 0.00359. The maximum atomic E-state index is 11.3. The molecule has 0 saturated heterocycles. The van der Waals surface area contributed by atoms with E-state index in [0.717, 1.165) is 17.5 Å². The standard InChI is InChI=1S/C23H28O7/c1-11-7-13-8-16-21(30-10-29-16)22(27-5)17(13)18-14(19(24)12(11)2)9-15(25-3)20(26-4)23(18)28-6/h8-9,11-12,19,24H,7,10H2,1-6H3. The molecule has 1 heterocycles. The molecule has 2 aromatic carbocycles. The first kappa shape index (κ1) is 20.5. The predicted molar refractivity (Wildman–Crippen MR) is 111 cm³/mol. The molecule has 4 rings (SSSR count). The smallest absolute Gasteiger partial charge is 0.231 e. The summed E-state index contributed by atoms with van der Waals surface area (Å²) in [5.74, 6) is 3.40. The van der Waals surface area contributed by atoms with Gasteiger partial charge < -0.3 is 33.5 Å². The maximum absolute atomic E-state index is 11.3. The van der Waals surface area contributed by atoms with Gasteiger partial charge in [-0.15, -0.1) is 0 Å². The van der Waals surface area contributed by atoms with E-state index in [1.807, 2.05) is 12.1 Å². The maximum Gasteiger partial charge on any atom is 0.231 e. The van der Waals surface area contributed by atoms with Crippen molar-refractivity contribution in [2.45, 2.75) is 26.4 Å². The highest BCUT2D eigenvalue weighted by Gasteiger charge is 2.37. The second-order valence-corrected chi connectivity index (χ2v) is 7.77. The number of rotatable bonds is 4. The molecule has 7 nitrogen and oxygen atoms in total. The van der Waals surface area contributed by atoms with Gasteiger partial charge >= 0.3 is 0 Å². The van der Waals surface area contributed by atoms with Gasteiger partial charge in [-0.2, -0.15) is 0 Å². The number of hydrogen-bond donors (Lipinski definition) is 1. The number of methoxy groups -OCH3 is 4. The molecule has 3 unspecified atom stereocenters. The van der Waals surface area contributed by atoms with Gasteiger partial charge in [-0.25, -0.2) is 0 Å². The van der Waals surface area contributed by atoms with Crippen LogP contribution >= 0.6 is 0 Å². The molecule has 162 valence electrons. The van der Waals surface area contributed by atoms with Crippen molar-refractivity contribution in [3.8, 4) is 45.6 Å². The monoisotopic (exact) mass is 416 g/mol. The Morgan fingerprint density at radius 1 is 0.867 bits per heavy atom. The van der Waals surface area contributed by atoms with Crippen LogP contribution in [0.5, 0.6) is 34.5 Å². The van der Waals surface area contributed by atoms with Gasteiger partial charge in [0, 0.05) is 11.1 Å². The van der Waals surface area contributed by atoms with Crippen molar-refractivity contribution in [2.75, 3.05) is 35.2 Å². The van der Waals surface area contributed by atoms with Gasteiger partial charge in [-0.3, -0.25) is 0 Å². The fraction of sp³-hybridized carbons (Fsp3) is 0.478. The van der Waals surface area contributed by atoms with Crippen molar-refractivity contribution in [1.29, 1.82) is 0 Å². The number of hydrogen-bond acceptors (Lipinski definition) is 7. The summed E-state index contributed by atoms with van der Waals surface area (Å²) in [4.78, 5) is 0. The molecule has 0 spiro atoms. The second-order valence-electron chi connectivity index (χ2n) is 7.77. The first-order valence-corrected chi connectivity index (χ1v) is 9.97. The van der Waals surface area contributed by atoms with Crippen LogP contribution < -0.4 is 28.4 Å². The van der Waals surface area contributed by atoms with E-state index in [-0.39, 0.29) is 18.6 Å². The summed E-state index contributed by atoms with van der Waals surface area (Å²) in [6.45, 7) is 4.33. The minimum Gasteiger partial charge on any atom is -0.493 e. The SMILES string of the molecule is COc1cc2c(c(OC)c1OC)-c1c(cc3c(c1OC)OCO3)CC(C)C(C)C2O. The van der Waals surface area contributed by atoms with Gasteiger partial charge in [0.1, 0.15) is 0 Å². The van der Waals surface area contributed by atoms with Crippen LogP contribution in [0.2, 0.25) is 0 Å². The van der Waals surface area contributed by atoms with Crippen LogP contribution in [0.1, 0.15) is 31.1 Å². The van der Waals surface area contributed by atoms with Crippen LogP contribution in [0, 0.1) is 11.8 Å². The van der Waals surface area contributed by atoms with Crippen LogP contribution in [0.4, 0.5) is 0 Å². The van der Waals surface area contributed by atoms with Gasteiger partial charge in [-0.1, -0.05) is 13.8 Å². The number of aliphatic hydroxyl groups excluding tert-OH is 1. The van der Waals surface area contributed by atoms with Crippen molar-refractivity contribution < 1.29 is 33.5 Å². The van der Waals surface area contributed by atoms with E-state index in [0.29, 0.717) is 45.6 Å². The summed E-state index contributed by atoms with van der Waals surface area (Å²) in [5, 5.41) is 11.3. The van der Waals surface area contributed by atoms with E-state index in [1.165, 1.54) is 0 Å². The Labute approximate surface area is 176 Å². The Hall–Kier alpha value is -2.80. The average Bonchev–Trinajstić information content (AvgIpc) is 3.23. The molecule has 0 saturated carbocycles. The Bertz CT molecular complexity index is 969. The Morgan fingerprint density at radius 3 is 2.20 bits per heavy atom. The minimum atomic E-state index is -0.730. The number of fused-ring (bicyclic) bond motifs is 4. The zero-order chi connectivity index (χ0) is 21.6. The van der Waals surface area contributed by atoms with E-state index in [9.17, 15) is 5.11 Å². The van der Waals surface area contributed by atoms with E-state index >= 15 is 0 Å². The molecule has 0 fully saturated rings. The first-order chi connectivity index (χ1) is 14.5. The molecule has 1 aliphatic heterocycles. The molecular formula is C23H28O7. The lowest BCUT2D eigenvalue weighted by Crippen LogP contribution is -2.22. The Kier molecular flexibility index (Phi) is 5.32. The van der Waals surface area contributed by atoms with Gasteiger partial charge in [0.25, 0.3) is 0 Å². The quantitative estimate of drug-likeness (QED) is 0.808. The molecule has 0 amide bonds. The van der Waals surface area contributed by atoms with Crippen LogP contribution in [-0.2, 0) is 6.42 Å². The molecule has 30 heavy (non-hydrogen) atoms. The first-order valence-electron chi connectivity index (χ1n) is 9.97. The zero-order valence-electron chi connectivity index (χ0n) is 18.2. The Morgan fingerprint density at radius 2 is 1.57 bits per heavy atom. The van der Waals surface area contributed by atoms with E-state index in [1.54, 1.807) is 28.4 Å². The fourth-order valence-corrected chi connectivity index (χ4v) is 4.49. The molecule has 2 aromatic rings. The Balaban J connectivity index is 2.16. The molecule has 0 bridgehead atoms. The second kappa shape index (κ2) is 7.80. The fourth-order valence-electron chi connectivity index (χ4n) is 4.49. The van der Waals surface area contributed by atoms with E-state index in [2.05, 4.69) is 13.8 Å². The number of aliphatic hydroxyl groups is 1. The van der Waals surface area contributed by atoms with E-state index < -0.39 is 6.10 Å². The largest absolute Gasteiger partial charge is 0.493 e. The highest BCUT2D eigenvalue weighted by molar-refractivity contribution is 5.88. The molecule has 1 N–H and O–H groups in total. The van der Waals surface area contributed by atoms with Gasteiger partial charge in [-0.05, 0) is 41.5 Å². The number of benzene rings is 2. The van der Waals surface area contributed by atoms with Gasteiger partial charge in [0.15, 0.2) is 23.0 Å². The van der Waals surface area contributed by atoms with Crippen LogP contribution in [0.3, 0.4) is 0 Å².